The fraction of sp³-hybridized carbons (Fsp3) is 0.643. The lowest BCUT2D eigenvalue weighted by Gasteiger charge is -2.26. The van der Waals surface area contributed by atoms with Gasteiger partial charge in [0.25, 0.3) is 0 Å². The Morgan fingerprint density at radius 1 is 1.63 bits per heavy atom. The number of carbonyl (C=O) groups is 1. The Bertz CT molecular complexity index is 419. The van der Waals surface area contributed by atoms with E-state index in [9.17, 15) is 4.79 Å². The number of fused-ring (bicyclic) bond motifs is 1. The van der Waals surface area contributed by atoms with Crippen molar-refractivity contribution in [1.82, 2.24) is 10.6 Å². The summed E-state index contributed by atoms with van der Waals surface area (Å²) in [5.74, 6) is 0.0411. The minimum Gasteiger partial charge on any atom is -0.383 e. The first-order chi connectivity index (χ1) is 9.22. The molecule has 0 aliphatic heterocycles. The van der Waals surface area contributed by atoms with Crippen molar-refractivity contribution in [3.63, 3.8) is 0 Å². The van der Waals surface area contributed by atoms with E-state index in [0.29, 0.717) is 19.2 Å². The van der Waals surface area contributed by atoms with Gasteiger partial charge in [0.05, 0.1) is 12.6 Å². The third-order valence-corrected chi connectivity index (χ3v) is 4.50. The van der Waals surface area contributed by atoms with E-state index in [-0.39, 0.29) is 11.9 Å². The van der Waals surface area contributed by atoms with Gasteiger partial charge in [0, 0.05) is 24.6 Å². The highest BCUT2D eigenvalue weighted by Gasteiger charge is 2.24. The fourth-order valence-corrected chi connectivity index (χ4v) is 3.45. The topological polar surface area (TPSA) is 50.4 Å². The van der Waals surface area contributed by atoms with Crippen LogP contribution in [-0.4, -0.2) is 32.2 Å². The van der Waals surface area contributed by atoms with Crippen LogP contribution >= 0.6 is 11.3 Å². The van der Waals surface area contributed by atoms with E-state index >= 15 is 0 Å². The molecule has 1 aliphatic rings. The summed E-state index contributed by atoms with van der Waals surface area (Å²) in [6.07, 6.45) is 3.49. The van der Waals surface area contributed by atoms with Crippen molar-refractivity contribution >= 4 is 17.2 Å². The highest BCUT2D eigenvalue weighted by molar-refractivity contribution is 7.10. The molecule has 1 amide bonds. The normalized spacial score (nSPS) is 19.8. The average molecular weight is 282 g/mol. The molecule has 1 heterocycles. The molecule has 0 saturated carbocycles. The molecule has 2 N–H and O–H groups in total. The molecule has 2 atom stereocenters. The number of hydrogen-bond donors (Lipinski definition) is 2. The van der Waals surface area contributed by atoms with Crippen molar-refractivity contribution in [2.24, 2.45) is 0 Å². The maximum Gasteiger partial charge on any atom is 0.236 e. The van der Waals surface area contributed by atoms with Crippen LogP contribution in [0.3, 0.4) is 0 Å². The summed E-state index contributed by atoms with van der Waals surface area (Å²) >= 11 is 1.82. The number of aryl methyl sites for hydroxylation is 1. The molecule has 1 aliphatic carbocycles. The van der Waals surface area contributed by atoms with Gasteiger partial charge in [0.15, 0.2) is 0 Å². The van der Waals surface area contributed by atoms with Gasteiger partial charge >= 0.3 is 0 Å². The highest BCUT2D eigenvalue weighted by atomic mass is 32.1. The van der Waals surface area contributed by atoms with E-state index in [4.69, 9.17) is 4.74 Å². The summed E-state index contributed by atoms with van der Waals surface area (Å²) < 4.78 is 4.92. The zero-order valence-electron chi connectivity index (χ0n) is 11.6. The Morgan fingerprint density at radius 3 is 3.26 bits per heavy atom. The molecule has 5 heteroatoms. The van der Waals surface area contributed by atoms with Crippen LogP contribution in [0.25, 0.3) is 0 Å². The molecular weight excluding hydrogens is 260 g/mol. The highest BCUT2D eigenvalue weighted by Crippen LogP contribution is 2.33. The molecule has 4 nitrogen and oxygen atoms in total. The summed E-state index contributed by atoms with van der Waals surface area (Å²) in [6, 6.07) is 2.33. The van der Waals surface area contributed by atoms with Crippen LogP contribution in [0.1, 0.15) is 36.2 Å². The van der Waals surface area contributed by atoms with E-state index in [0.717, 1.165) is 6.42 Å². The number of amides is 1. The summed E-state index contributed by atoms with van der Waals surface area (Å²) in [4.78, 5) is 13.4. The van der Waals surface area contributed by atoms with Crippen LogP contribution in [0, 0.1) is 0 Å². The van der Waals surface area contributed by atoms with Crippen LogP contribution in [0.4, 0.5) is 0 Å². The van der Waals surface area contributed by atoms with Gasteiger partial charge < -0.3 is 10.1 Å². The number of carbonyl (C=O) groups excluding carboxylic acids is 1. The van der Waals surface area contributed by atoms with Crippen molar-refractivity contribution < 1.29 is 9.53 Å². The number of nitrogens with one attached hydrogen (secondary N) is 2. The zero-order chi connectivity index (χ0) is 13.7. The van der Waals surface area contributed by atoms with E-state index in [1.54, 1.807) is 7.11 Å². The minimum absolute atomic E-state index is 0.0411. The van der Waals surface area contributed by atoms with Crippen LogP contribution < -0.4 is 10.6 Å². The predicted octanol–water partition coefficient (Wildman–Crippen LogP) is 1.87. The lowest BCUT2D eigenvalue weighted by molar-refractivity contribution is -0.123. The fourth-order valence-electron chi connectivity index (χ4n) is 2.47. The molecule has 0 aromatic carbocycles. The summed E-state index contributed by atoms with van der Waals surface area (Å²) in [5, 5.41) is 8.46. The van der Waals surface area contributed by atoms with Crippen LogP contribution in [0.2, 0.25) is 0 Å². The molecule has 0 radical (unpaired) electrons. The first-order valence-electron chi connectivity index (χ1n) is 6.81. The Kier molecular flexibility index (Phi) is 5.36. The van der Waals surface area contributed by atoms with Gasteiger partial charge in [-0.25, -0.2) is 0 Å². The molecule has 0 bridgehead atoms. The molecule has 1 aromatic heterocycles. The molecule has 0 spiro atoms. The number of hydrogen-bond acceptors (Lipinski definition) is 4. The van der Waals surface area contributed by atoms with E-state index in [2.05, 4.69) is 22.1 Å². The standard InChI is InChI=1S/C14H22N2O2S/c1-10(14(17)15-7-8-18-2)16-12-4-3-5-13-11(12)6-9-19-13/h6,9-10,12,16H,3-5,7-8H2,1-2H3,(H,15,17). The molecular formula is C14H22N2O2S. The maximum absolute atomic E-state index is 11.9. The summed E-state index contributed by atoms with van der Waals surface area (Å²) in [7, 11) is 1.63. The Hall–Kier alpha value is -0.910. The number of ether oxygens (including phenoxy) is 1. The van der Waals surface area contributed by atoms with Crippen molar-refractivity contribution in [2.45, 2.75) is 38.3 Å². The summed E-state index contributed by atoms with van der Waals surface area (Å²) in [6.45, 7) is 3.04. The Morgan fingerprint density at radius 2 is 2.47 bits per heavy atom. The van der Waals surface area contributed by atoms with E-state index < -0.39 is 0 Å². The predicted molar refractivity (Wildman–Crippen MR) is 77.5 cm³/mol. The van der Waals surface area contributed by atoms with E-state index in [1.807, 2.05) is 18.3 Å². The Balaban J connectivity index is 1.86. The largest absolute Gasteiger partial charge is 0.383 e. The first kappa shape index (κ1) is 14.5. The SMILES string of the molecule is COCCNC(=O)C(C)NC1CCCc2sccc21. The first-order valence-corrected chi connectivity index (χ1v) is 7.69. The molecule has 1 aromatic rings. The van der Waals surface area contributed by atoms with Gasteiger partial charge in [-0.3, -0.25) is 10.1 Å². The second-order valence-corrected chi connectivity index (χ2v) is 5.92. The van der Waals surface area contributed by atoms with Crippen LogP contribution in [0.5, 0.6) is 0 Å². The van der Waals surface area contributed by atoms with Gasteiger partial charge in [0.2, 0.25) is 5.91 Å². The lowest BCUT2D eigenvalue weighted by Crippen LogP contribution is -2.45. The number of rotatable bonds is 6. The van der Waals surface area contributed by atoms with Crippen molar-refractivity contribution in [3.8, 4) is 0 Å². The van der Waals surface area contributed by atoms with E-state index in [1.165, 1.54) is 23.3 Å². The lowest BCUT2D eigenvalue weighted by atomic mass is 9.93. The number of methoxy groups -OCH3 is 1. The van der Waals surface area contributed by atoms with Crippen molar-refractivity contribution in [2.75, 3.05) is 20.3 Å². The molecule has 2 unspecified atom stereocenters. The molecule has 0 saturated heterocycles. The number of thiophene rings is 1. The van der Waals surface area contributed by atoms with Gasteiger partial charge in [-0.05, 0) is 43.2 Å². The summed E-state index contributed by atoms with van der Waals surface area (Å²) in [5.41, 5.74) is 1.38. The van der Waals surface area contributed by atoms with Gasteiger partial charge in [-0.15, -0.1) is 11.3 Å². The van der Waals surface area contributed by atoms with Crippen molar-refractivity contribution in [1.29, 1.82) is 0 Å². The van der Waals surface area contributed by atoms with Crippen LogP contribution in [0.15, 0.2) is 11.4 Å². The molecule has 106 valence electrons. The molecule has 2 rings (SSSR count). The maximum atomic E-state index is 11.9. The van der Waals surface area contributed by atoms with Crippen LogP contribution in [-0.2, 0) is 16.0 Å². The van der Waals surface area contributed by atoms with Gasteiger partial charge in [0.1, 0.15) is 0 Å². The van der Waals surface area contributed by atoms with Crippen molar-refractivity contribution in [3.05, 3.63) is 21.9 Å². The third-order valence-electron chi connectivity index (χ3n) is 3.50. The smallest absolute Gasteiger partial charge is 0.236 e. The average Bonchev–Trinajstić information content (AvgIpc) is 2.88. The monoisotopic (exact) mass is 282 g/mol. The quantitative estimate of drug-likeness (QED) is 0.783. The molecule has 19 heavy (non-hydrogen) atoms. The molecule has 0 fully saturated rings. The minimum atomic E-state index is -0.173. The zero-order valence-corrected chi connectivity index (χ0v) is 12.4. The third kappa shape index (κ3) is 3.78. The second-order valence-electron chi connectivity index (χ2n) is 4.92. The second kappa shape index (κ2) is 7.03. The van der Waals surface area contributed by atoms with Gasteiger partial charge in [-0.1, -0.05) is 0 Å². The van der Waals surface area contributed by atoms with Gasteiger partial charge in [-0.2, -0.15) is 0 Å². The Labute approximate surface area is 118 Å².